The summed E-state index contributed by atoms with van der Waals surface area (Å²) in [5, 5.41) is 1.48. The van der Waals surface area contributed by atoms with E-state index in [2.05, 4.69) is 4.72 Å². The quantitative estimate of drug-likeness (QED) is 0.834. The van der Waals surface area contributed by atoms with Crippen molar-refractivity contribution in [1.82, 2.24) is 4.72 Å². The number of ether oxygens (including phenoxy) is 2. The average Bonchev–Trinajstić information content (AvgIpc) is 3.11. The van der Waals surface area contributed by atoms with Crippen molar-refractivity contribution in [2.75, 3.05) is 19.8 Å². The van der Waals surface area contributed by atoms with Crippen LogP contribution in [0.1, 0.15) is 26.2 Å². The van der Waals surface area contributed by atoms with Gasteiger partial charge in [-0.25, -0.2) is 13.1 Å². The molecule has 1 aliphatic rings. The number of nitrogens with one attached hydrogen (secondary N) is 1. The molecule has 1 heterocycles. The fourth-order valence-corrected chi connectivity index (χ4v) is 4.18. The van der Waals surface area contributed by atoms with E-state index in [1.807, 2.05) is 31.2 Å². The number of hydrogen-bond donors (Lipinski definition) is 1. The molecule has 0 spiro atoms. The molecule has 1 saturated heterocycles. The molecule has 130 valence electrons. The van der Waals surface area contributed by atoms with Crippen molar-refractivity contribution >= 4 is 20.8 Å². The maximum Gasteiger partial charge on any atom is 0.241 e. The summed E-state index contributed by atoms with van der Waals surface area (Å²) in [5.74, 6) is 0.713. The summed E-state index contributed by atoms with van der Waals surface area (Å²) in [6.45, 7) is 3.66. The van der Waals surface area contributed by atoms with Crippen LogP contribution < -0.4 is 9.46 Å². The molecule has 3 rings (SSSR count). The summed E-state index contributed by atoms with van der Waals surface area (Å²) in [6, 6.07) is 10.8. The van der Waals surface area contributed by atoms with Gasteiger partial charge in [-0.05, 0) is 31.4 Å². The lowest BCUT2D eigenvalue weighted by atomic mass is 10.1. The van der Waals surface area contributed by atoms with Gasteiger partial charge in [0.05, 0.1) is 17.6 Å². The first-order chi connectivity index (χ1) is 11.6. The second kappa shape index (κ2) is 7.51. The number of benzene rings is 2. The highest BCUT2D eigenvalue weighted by atomic mass is 32.2. The Bertz CT molecular complexity index is 798. The number of sulfonamides is 1. The number of rotatable bonds is 7. The molecule has 0 aromatic heterocycles. The van der Waals surface area contributed by atoms with Gasteiger partial charge in [-0.15, -0.1) is 0 Å². The maximum atomic E-state index is 12.7. The van der Waals surface area contributed by atoms with Crippen LogP contribution in [-0.4, -0.2) is 34.3 Å². The fraction of sp³-hybridized carbons (Fsp3) is 0.444. The van der Waals surface area contributed by atoms with E-state index in [-0.39, 0.29) is 11.0 Å². The molecule has 1 N–H and O–H groups in total. The molecule has 1 fully saturated rings. The molecule has 0 saturated carbocycles. The SMILES string of the molecule is CCCOc1ccc(S(=O)(=O)NC[C@@H]2CCCO2)c2ccccc12. The van der Waals surface area contributed by atoms with Crippen LogP contribution in [0.2, 0.25) is 0 Å². The maximum absolute atomic E-state index is 12.7. The molecule has 24 heavy (non-hydrogen) atoms. The first-order valence-corrected chi connectivity index (χ1v) is 9.86. The van der Waals surface area contributed by atoms with Crippen LogP contribution in [0.25, 0.3) is 10.8 Å². The van der Waals surface area contributed by atoms with Crippen molar-refractivity contribution in [3.63, 3.8) is 0 Å². The van der Waals surface area contributed by atoms with Crippen molar-refractivity contribution in [2.45, 2.75) is 37.2 Å². The third kappa shape index (κ3) is 3.71. The largest absolute Gasteiger partial charge is 0.493 e. The zero-order valence-corrected chi connectivity index (χ0v) is 14.6. The van der Waals surface area contributed by atoms with E-state index in [1.54, 1.807) is 12.1 Å². The smallest absolute Gasteiger partial charge is 0.241 e. The van der Waals surface area contributed by atoms with Gasteiger partial charge in [0.1, 0.15) is 5.75 Å². The Hall–Kier alpha value is -1.63. The third-order valence-corrected chi connectivity index (χ3v) is 5.60. The lowest BCUT2D eigenvalue weighted by Gasteiger charge is -2.15. The zero-order chi connectivity index (χ0) is 17.0. The topological polar surface area (TPSA) is 64.6 Å². The van der Waals surface area contributed by atoms with Crippen LogP contribution in [0.15, 0.2) is 41.3 Å². The van der Waals surface area contributed by atoms with E-state index in [4.69, 9.17) is 9.47 Å². The van der Waals surface area contributed by atoms with Gasteiger partial charge >= 0.3 is 0 Å². The van der Waals surface area contributed by atoms with E-state index in [1.165, 1.54) is 0 Å². The lowest BCUT2D eigenvalue weighted by Crippen LogP contribution is -2.31. The fourth-order valence-electron chi connectivity index (χ4n) is 2.90. The summed E-state index contributed by atoms with van der Waals surface area (Å²) in [6.07, 6.45) is 2.75. The third-order valence-electron chi connectivity index (χ3n) is 4.12. The van der Waals surface area contributed by atoms with Gasteiger partial charge in [0.25, 0.3) is 0 Å². The number of fused-ring (bicyclic) bond motifs is 1. The minimum atomic E-state index is -3.60. The Labute approximate surface area is 143 Å². The molecule has 5 nitrogen and oxygen atoms in total. The molecular formula is C18H23NO4S. The highest BCUT2D eigenvalue weighted by molar-refractivity contribution is 7.89. The summed E-state index contributed by atoms with van der Waals surface area (Å²) in [4.78, 5) is 0.278. The van der Waals surface area contributed by atoms with Gasteiger partial charge < -0.3 is 9.47 Å². The van der Waals surface area contributed by atoms with Crippen LogP contribution in [0, 0.1) is 0 Å². The van der Waals surface area contributed by atoms with Crippen molar-refractivity contribution in [2.24, 2.45) is 0 Å². The number of hydrogen-bond acceptors (Lipinski definition) is 4. The Kier molecular flexibility index (Phi) is 5.38. The monoisotopic (exact) mass is 349 g/mol. The molecule has 1 aliphatic heterocycles. The minimum Gasteiger partial charge on any atom is -0.493 e. The van der Waals surface area contributed by atoms with E-state index in [0.29, 0.717) is 30.9 Å². The highest BCUT2D eigenvalue weighted by Gasteiger charge is 2.22. The standard InChI is InChI=1S/C18H23NO4S/c1-2-11-23-17-9-10-18(16-8-4-3-7-15(16)17)24(20,21)19-13-14-6-5-12-22-14/h3-4,7-10,14,19H,2,5-6,11-13H2,1H3/t14-/m0/s1. The molecule has 0 aliphatic carbocycles. The van der Waals surface area contributed by atoms with Gasteiger partial charge in [-0.2, -0.15) is 0 Å². The molecule has 0 radical (unpaired) electrons. The summed E-state index contributed by atoms with van der Waals surface area (Å²) >= 11 is 0. The molecule has 1 atom stereocenters. The Morgan fingerprint density at radius 3 is 2.71 bits per heavy atom. The molecular weight excluding hydrogens is 326 g/mol. The summed E-state index contributed by atoms with van der Waals surface area (Å²) in [7, 11) is -3.60. The predicted molar refractivity (Wildman–Crippen MR) is 93.9 cm³/mol. The van der Waals surface area contributed by atoms with Crippen molar-refractivity contribution in [3.8, 4) is 5.75 Å². The van der Waals surface area contributed by atoms with E-state index < -0.39 is 10.0 Å². The molecule has 2 aromatic carbocycles. The van der Waals surface area contributed by atoms with Crippen LogP contribution in [0.5, 0.6) is 5.75 Å². The van der Waals surface area contributed by atoms with Crippen LogP contribution in [-0.2, 0) is 14.8 Å². The molecule has 0 amide bonds. The second-order valence-corrected chi connectivity index (χ2v) is 7.68. The highest BCUT2D eigenvalue weighted by Crippen LogP contribution is 2.31. The van der Waals surface area contributed by atoms with Crippen molar-refractivity contribution < 1.29 is 17.9 Å². The Morgan fingerprint density at radius 1 is 1.21 bits per heavy atom. The second-order valence-electron chi connectivity index (χ2n) is 5.94. The molecule has 0 bridgehead atoms. The molecule has 0 unspecified atom stereocenters. The van der Waals surface area contributed by atoms with Crippen LogP contribution >= 0.6 is 0 Å². The van der Waals surface area contributed by atoms with Crippen molar-refractivity contribution in [3.05, 3.63) is 36.4 Å². The van der Waals surface area contributed by atoms with Gasteiger partial charge in [0.15, 0.2) is 0 Å². The normalized spacial score (nSPS) is 18.1. The summed E-state index contributed by atoms with van der Waals surface area (Å²) < 4.78 is 39.4. The van der Waals surface area contributed by atoms with E-state index in [9.17, 15) is 8.42 Å². The van der Waals surface area contributed by atoms with Gasteiger partial charge in [0, 0.05) is 23.9 Å². The minimum absolute atomic E-state index is 0.0294. The van der Waals surface area contributed by atoms with Crippen molar-refractivity contribution in [1.29, 1.82) is 0 Å². The first kappa shape index (κ1) is 17.2. The lowest BCUT2D eigenvalue weighted by molar-refractivity contribution is 0.114. The summed E-state index contributed by atoms with van der Waals surface area (Å²) in [5.41, 5.74) is 0. The van der Waals surface area contributed by atoms with Gasteiger partial charge in [0.2, 0.25) is 10.0 Å². The van der Waals surface area contributed by atoms with Crippen LogP contribution in [0.4, 0.5) is 0 Å². The van der Waals surface area contributed by atoms with E-state index >= 15 is 0 Å². The Morgan fingerprint density at radius 2 is 2.00 bits per heavy atom. The predicted octanol–water partition coefficient (Wildman–Crippen LogP) is 3.09. The first-order valence-electron chi connectivity index (χ1n) is 8.37. The molecule has 2 aromatic rings. The van der Waals surface area contributed by atoms with E-state index in [0.717, 1.165) is 24.6 Å². The van der Waals surface area contributed by atoms with Crippen LogP contribution in [0.3, 0.4) is 0 Å². The van der Waals surface area contributed by atoms with Gasteiger partial charge in [-0.3, -0.25) is 0 Å². The average molecular weight is 349 g/mol. The Balaban J connectivity index is 1.90. The zero-order valence-electron chi connectivity index (χ0n) is 13.8. The molecule has 6 heteroatoms. The van der Waals surface area contributed by atoms with Gasteiger partial charge in [-0.1, -0.05) is 31.2 Å².